The molecule has 0 bridgehead atoms. The largest absolute Gasteiger partial charge is 0.372 e. The normalized spacial score (nSPS) is 13.2. The van der Waals surface area contributed by atoms with E-state index in [1.165, 1.54) is 4.88 Å². The minimum atomic E-state index is 0.157. The topological polar surface area (TPSA) is 35.2 Å². The van der Waals surface area contributed by atoms with Crippen molar-refractivity contribution in [2.45, 2.75) is 13.0 Å². The molecule has 68 valence electrons. The van der Waals surface area contributed by atoms with Crippen molar-refractivity contribution in [3.05, 3.63) is 20.8 Å². The van der Waals surface area contributed by atoms with E-state index in [4.69, 9.17) is 10.5 Å². The Bertz CT molecular complexity index is 239. The molecule has 0 aliphatic carbocycles. The second kappa shape index (κ2) is 4.97. The van der Waals surface area contributed by atoms with Gasteiger partial charge in [-0.05, 0) is 35.0 Å². The van der Waals surface area contributed by atoms with E-state index in [0.29, 0.717) is 13.2 Å². The molecule has 2 N–H and O–H groups in total. The number of hydrogen-bond acceptors (Lipinski definition) is 3. The SMILES string of the molecule is CC(OCCN)c1ccc(Br)s1. The quantitative estimate of drug-likeness (QED) is 0.891. The predicted octanol–water partition coefficient (Wildman–Crippen LogP) is 2.55. The van der Waals surface area contributed by atoms with Crippen molar-refractivity contribution < 1.29 is 4.74 Å². The zero-order chi connectivity index (χ0) is 8.97. The highest BCUT2D eigenvalue weighted by Crippen LogP contribution is 2.28. The van der Waals surface area contributed by atoms with Gasteiger partial charge in [0.15, 0.2) is 0 Å². The molecule has 0 aromatic carbocycles. The molecule has 12 heavy (non-hydrogen) atoms. The molecule has 2 nitrogen and oxygen atoms in total. The molecular weight excluding hydrogens is 238 g/mol. The molecule has 0 radical (unpaired) electrons. The van der Waals surface area contributed by atoms with Gasteiger partial charge in [0, 0.05) is 11.4 Å². The molecule has 0 spiro atoms. The van der Waals surface area contributed by atoms with Gasteiger partial charge in [-0.15, -0.1) is 11.3 Å². The maximum atomic E-state index is 5.46. The Hall–Kier alpha value is 0.1000. The first-order valence-electron chi connectivity index (χ1n) is 3.81. The van der Waals surface area contributed by atoms with E-state index in [9.17, 15) is 0 Å². The van der Waals surface area contributed by atoms with E-state index in [1.54, 1.807) is 11.3 Å². The van der Waals surface area contributed by atoms with Gasteiger partial charge in [-0.1, -0.05) is 0 Å². The number of nitrogens with two attached hydrogens (primary N) is 1. The summed E-state index contributed by atoms with van der Waals surface area (Å²) in [6.45, 7) is 3.24. The third-order valence-electron chi connectivity index (χ3n) is 1.48. The van der Waals surface area contributed by atoms with Gasteiger partial charge in [-0.2, -0.15) is 0 Å². The van der Waals surface area contributed by atoms with E-state index < -0.39 is 0 Å². The lowest BCUT2D eigenvalue weighted by molar-refractivity contribution is 0.0742. The zero-order valence-corrected chi connectivity index (χ0v) is 9.32. The van der Waals surface area contributed by atoms with Crippen LogP contribution in [-0.2, 0) is 4.74 Å². The zero-order valence-electron chi connectivity index (χ0n) is 6.92. The van der Waals surface area contributed by atoms with Crippen molar-refractivity contribution in [3.8, 4) is 0 Å². The van der Waals surface area contributed by atoms with Crippen LogP contribution in [0.25, 0.3) is 0 Å². The molecule has 0 amide bonds. The van der Waals surface area contributed by atoms with Gasteiger partial charge in [0.1, 0.15) is 0 Å². The number of ether oxygens (including phenoxy) is 1. The Morgan fingerprint density at radius 2 is 2.42 bits per heavy atom. The molecule has 1 aromatic heterocycles. The molecular formula is C8H12BrNOS. The van der Waals surface area contributed by atoms with E-state index in [-0.39, 0.29) is 6.10 Å². The highest BCUT2D eigenvalue weighted by molar-refractivity contribution is 9.11. The van der Waals surface area contributed by atoms with Crippen LogP contribution in [-0.4, -0.2) is 13.2 Å². The van der Waals surface area contributed by atoms with E-state index in [0.717, 1.165) is 3.79 Å². The van der Waals surface area contributed by atoms with Crippen LogP contribution in [0.4, 0.5) is 0 Å². The summed E-state index contributed by atoms with van der Waals surface area (Å²) in [6, 6.07) is 4.10. The third kappa shape index (κ3) is 2.86. The van der Waals surface area contributed by atoms with Gasteiger partial charge in [0.25, 0.3) is 0 Å². The molecule has 0 aliphatic heterocycles. The summed E-state index contributed by atoms with van der Waals surface area (Å²) in [7, 11) is 0. The van der Waals surface area contributed by atoms with Crippen LogP contribution in [0.5, 0.6) is 0 Å². The Morgan fingerprint density at radius 1 is 1.67 bits per heavy atom. The maximum absolute atomic E-state index is 5.46. The van der Waals surface area contributed by atoms with Crippen molar-refractivity contribution in [1.29, 1.82) is 0 Å². The van der Waals surface area contributed by atoms with Crippen molar-refractivity contribution in [2.24, 2.45) is 5.73 Å². The van der Waals surface area contributed by atoms with E-state index in [2.05, 4.69) is 22.0 Å². The van der Waals surface area contributed by atoms with Gasteiger partial charge in [-0.3, -0.25) is 0 Å². The lowest BCUT2D eigenvalue weighted by Crippen LogP contribution is -2.10. The average molecular weight is 250 g/mol. The van der Waals surface area contributed by atoms with Gasteiger partial charge in [0.05, 0.1) is 16.5 Å². The molecule has 1 aromatic rings. The van der Waals surface area contributed by atoms with E-state index >= 15 is 0 Å². The van der Waals surface area contributed by atoms with Crippen LogP contribution in [0.1, 0.15) is 17.9 Å². The Balaban J connectivity index is 2.47. The van der Waals surface area contributed by atoms with Crippen LogP contribution >= 0.6 is 27.3 Å². The summed E-state index contributed by atoms with van der Waals surface area (Å²) < 4.78 is 6.59. The standard InChI is InChI=1S/C8H12BrNOS/c1-6(11-5-4-10)7-2-3-8(9)12-7/h2-3,6H,4-5,10H2,1H3. The van der Waals surface area contributed by atoms with Gasteiger partial charge < -0.3 is 10.5 Å². The summed E-state index contributed by atoms with van der Waals surface area (Å²) in [6.07, 6.45) is 0.157. The smallest absolute Gasteiger partial charge is 0.0889 e. The second-order valence-electron chi connectivity index (χ2n) is 2.44. The summed E-state index contributed by atoms with van der Waals surface area (Å²) in [4.78, 5) is 1.23. The monoisotopic (exact) mass is 249 g/mol. The lowest BCUT2D eigenvalue weighted by atomic mass is 10.3. The fourth-order valence-electron chi connectivity index (χ4n) is 0.874. The van der Waals surface area contributed by atoms with E-state index in [1.807, 2.05) is 13.0 Å². The molecule has 4 heteroatoms. The van der Waals surface area contributed by atoms with Gasteiger partial charge in [0.2, 0.25) is 0 Å². The summed E-state index contributed by atoms with van der Waals surface area (Å²) in [5, 5.41) is 0. The molecule has 1 heterocycles. The second-order valence-corrected chi connectivity index (χ2v) is 4.94. The summed E-state index contributed by atoms with van der Waals surface area (Å²) in [5.41, 5.74) is 5.33. The minimum Gasteiger partial charge on any atom is -0.372 e. The maximum Gasteiger partial charge on any atom is 0.0889 e. The van der Waals surface area contributed by atoms with Crippen molar-refractivity contribution in [3.63, 3.8) is 0 Å². The molecule has 0 aliphatic rings. The summed E-state index contributed by atoms with van der Waals surface area (Å²) >= 11 is 5.10. The number of halogens is 1. The van der Waals surface area contributed by atoms with Crippen LogP contribution in [0.2, 0.25) is 0 Å². The molecule has 0 fully saturated rings. The van der Waals surface area contributed by atoms with Crippen LogP contribution in [0.3, 0.4) is 0 Å². The fourth-order valence-corrected chi connectivity index (χ4v) is 2.30. The Morgan fingerprint density at radius 3 is 2.92 bits per heavy atom. The highest BCUT2D eigenvalue weighted by Gasteiger charge is 2.07. The van der Waals surface area contributed by atoms with Crippen LogP contribution in [0, 0.1) is 0 Å². The predicted molar refractivity (Wildman–Crippen MR) is 55.4 cm³/mol. The first-order valence-corrected chi connectivity index (χ1v) is 5.42. The van der Waals surface area contributed by atoms with Crippen molar-refractivity contribution >= 4 is 27.3 Å². The van der Waals surface area contributed by atoms with Gasteiger partial charge >= 0.3 is 0 Å². The first-order chi connectivity index (χ1) is 5.74. The molecule has 0 saturated carbocycles. The molecule has 1 rings (SSSR count). The van der Waals surface area contributed by atoms with Crippen LogP contribution in [0.15, 0.2) is 15.9 Å². The molecule has 0 saturated heterocycles. The summed E-state index contributed by atoms with van der Waals surface area (Å²) in [5.74, 6) is 0. The minimum absolute atomic E-state index is 0.157. The average Bonchev–Trinajstić information content (AvgIpc) is 2.47. The number of thiophene rings is 1. The van der Waals surface area contributed by atoms with Crippen molar-refractivity contribution in [2.75, 3.05) is 13.2 Å². The molecule has 1 atom stereocenters. The van der Waals surface area contributed by atoms with Crippen molar-refractivity contribution in [1.82, 2.24) is 0 Å². The molecule has 1 unspecified atom stereocenters. The third-order valence-corrected chi connectivity index (χ3v) is 3.27. The van der Waals surface area contributed by atoms with Crippen LogP contribution < -0.4 is 5.73 Å². The lowest BCUT2D eigenvalue weighted by Gasteiger charge is -2.09. The Kier molecular flexibility index (Phi) is 4.21. The number of hydrogen-bond donors (Lipinski definition) is 1. The highest BCUT2D eigenvalue weighted by atomic mass is 79.9. The fraction of sp³-hybridized carbons (Fsp3) is 0.500. The Labute approximate surface area is 84.9 Å². The van der Waals surface area contributed by atoms with Gasteiger partial charge in [-0.25, -0.2) is 0 Å². The number of rotatable bonds is 4. The first kappa shape index (κ1) is 10.2.